The number of nitrogens with zero attached hydrogens (tertiary/aromatic N) is 1. The zero-order valence-corrected chi connectivity index (χ0v) is 23.4. The molecular weight excluding hydrogens is 490 g/mol. The fourth-order valence-corrected chi connectivity index (χ4v) is 4.29. The van der Waals surface area contributed by atoms with E-state index in [0.29, 0.717) is 17.7 Å². The van der Waals surface area contributed by atoms with Gasteiger partial charge in [0, 0.05) is 18.5 Å². The topological polar surface area (TPSA) is 112 Å². The van der Waals surface area contributed by atoms with Crippen LogP contribution in [0.2, 0.25) is 0 Å². The number of ketones is 1. The summed E-state index contributed by atoms with van der Waals surface area (Å²) in [6.45, 7) is 14.4. The van der Waals surface area contributed by atoms with Gasteiger partial charge in [0.1, 0.15) is 29.1 Å². The second-order valence-corrected chi connectivity index (χ2v) is 11.1. The Kier molecular flexibility index (Phi) is 8.73. The van der Waals surface area contributed by atoms with E-state index in [1.165, 1.54) is 17.0 Å². The molecular formula is C29H39NO8. The first-order chi connectivity index (χ1) is 17.6. The zero-order valence-electron chi connectivity index (χ0n) is 23.4. The summed E-state index contributed by atoms with van der Waals surface area (Å²) < 4.78 is 23.0. The van der Waals surface area contributed by atoms with E-state index in [-0.39, 0.29) is 29.6 Å². The molecule has 2 aliphatic rings. The molecule has 0 bridgehead atoms. The first kappa shape index (κ1) is 29.4. The Hall–Kier alpha value is -3.17. The third-order valence-electron chi connectivity index (χ3n) is 6.31. The van der Waals surface area contributed by atoms with Crippen molar-refractivity contribution in [3.05, 3.63) is 41.5 Å². The SMILES string of the molecule is CCN(C(=O)OC(C)(C)C)c1cc(O)c2c(c1)/C=C/C[C@@H]1OC(C)(C)O[C@@H]1C(=O)/C=C\[C@@H](C)[C@H](C)OC2=O. The average molecular weight is 530 g/mol. The molecule has 0 saturated carbocycles. The Balaban J connectivity index is 2.07. The maximum Gasteiger partial charge on any atom is 0.414 e. The molecule has 1 aromatic rings. The lowest BCUT2D eigenvalue weighted by molar-refractivity contribution is -0.152. The molecule has 1 fully saturated rings. The number of phenolic OH excluding ortho intramolecular Hbond substituents is 1. The highest BCUT2D eigenvalue weighted by atomic mass is 16.8. The molecule has 1 saturated heterocycles. The van der Waals surface area contributed by atoms with Gasteiger partial charge in [0.05, 0.1) is 11.8 Å². The van der Waals surface area contributed by atoms with Gasteiger partial charge in [-0.2, -0.15) is 0 Å². The van der Waals surface area contributed by atoms with Gasteiger partial charge in [0.2, 0.25) is 0 Å². The summed E-state index contributed by atoms with van der Waals surface area (Å²) >= 11 is 0. The van der Waals surface area contributed by atoms with Crippen LogP contribution in [-0.2, 0) is 23.7 Å². The van der Waals surface area contributed by atoms with Gasteiger partial charge in [0.15, 0.2) is 11.6 Å². The lowest BCUT2D eigenvalue weighted by Gasteiger charge is -2.27. The molecule has 0 radical (unpaired) electrons. The van der Waals surface area contributed by atoms with Crippen LogP contribution in [0.15, 0.2) is 30.4 Å². The number of phenols is 1. The minimum Gasteiger partial charge on any atom is -0.507 e. The molecule has 0 unspecified atom stereocenters. The van der Waals surface area contributed by atoms with E-state index < -0.39 is 41.8 Å². The van der Waals surface area contributed by atoms with E-state index in [0.717, 1.165) is 0 Å². The zero-order chi connectivity index (χ0) is 28.4. The molecule has 1 amide bonds. The van der Waals surface area contributed by atoms with E-state index in [4.69, 9.17) is 18.9 Å². The minimum atomic E-state index is -0.934. The number of ether oxygens (including phenoxy) is 4. The predicted octanol–water partition coefficient (Wildman–Crippen LogP) is 5.40. The lowest BCUT2D eigenvalue weighted by atomic mass is 9.99. The van der Waals surface area contributed by atoms with Crippen LogP contribution in [0, 0.1) is 5.92 Å². The van der Waals surface area contributed by atoms with Crippen molar-refractivity contribution in [3.63, 3.8) is 0 Å². The van der Waals surface area contributed by atoms with Crippen molar-refractivity contribution < 1.29 is 38.4 Å². The van der Waals surface area contributed by atoms with E-state index in [2.05, 4.69) is 0 Å². The molecule has 9 heteroatoms. The van der Waals surface area contributed by atoms with E-state index in [9.17, 15) is 19.5 Å². The van der Waals surface area contributed by atoms with Gasteiger partial charge in [-0.15, -0.1) is 0 Å². The van der Waals surface area contributed by atoms with Crippen LogP contribution < -0.4 is 4.90 Å². The van der Waals surface area contributed by atoms with Crippen molar-refractivity contribution in [1.82, 2.24) is 0 Å². The molecule has 0 aliphatic carbocycles. The molecule has 3 rings (SSSR count). The van der Waals surface area contributed by atoms with Crippen LogP contribution >= 0.6 is 0 Å². The Bertz CT molecular complexity index is 1130. The second-order valence-electron chi connectivity index (χ2n) is 11.1. The summed E-state index contributed by atoms with van der Waals surface area (Å²) in [4.78, 5) is 40.3. The number of carbonyl (C=O) groups excluding carboxylic acids is 3. The van der Waals surface area contributed by atoms with Crippen LogP contribution in [0.4, 0.5) is 10.5 Å². The largest absolute Gasteiger partial charge is 0.507 e. The number of esters is 1. The lowest BCUT2D eigenvalue weighted by Crippen LogP contribution is -2.36. The number of benzene rings is 1. The molecule has 1 aromatic carbocycles. The van der Waals surface area contributed by atoms with Gasteiger partial charge < -0.3 is 24.1 Å². The number of hydrogen-bond donors (Lipinski definition) is 1. The van der Waals surface area contributed by atoms with Crippen molar-refractivity contribution in [2.45, 2.75) is 91.5 Å². The summed E-state index contributed by atoms with van der Waals surface area (Å²) in [6.07, 6.45) is 4.32. The Morgan fingerprint density at radius 3 is 2.47 bits per heavy atom. The third-order valence-corrected chi connectivity index (χ3v) is 6.31. The number of rotatable bonds is 2. The molecule has 208 valence electrons. The van der Waals surface area contributed by atoms with Gasteiger partial charge in [-0.1, -0.05) is 25.2 Å². The monoisotopic (exact) mass is 529 g/mol. The third kappa shape index (κ3) is 7.02. The molecule has 0 spiro atoms. The predicted molar refractivity (Wildman–Crippen MR) is 143 cm³/mol. The van der Waals surface area contributed by atoms with E-state index >= 15 is 0 Å². The minimum absolute atomic E-state index is 0.0260. The number of amides is 1. The summed E-state index contributed by atoms with van der Waals surface area (Å²) in [6, 6.07) is 2.97. The van der Waals surface area contributed by atoms with Crippen molar-refractivity contribution in [2.75, 3.05) is 11.4 Å². The van der Waals surface area contributed by atoms with Gasteiger partial charge in [-0.25, -0.2) is 9.59 Å². The Labute approximate surface area is 224 Å². The second kappa shape index (κ2) is 11.3. The fourth-order valence-electron chi connectivity index (χ4n) is 4.29. The van der Waals surface area contributed by atoms with Crippen LogP contribution in [0.3, 0.4) is 0 Å². The van der Waals surface area contributed by atoms with Crippen LogP contribution in [0.25, 0.3) is 6.08 Å². The first-order valence-corrected chi connectivity index (χ1v) is 12.9. The quantitative estimate of drug-likeness (QED) is 0.507. The van der Waals surface area contributed by atoms with Crippen molar-refractivity contribution >= 4 is 29.6 Å². The van der Waals surface area contributed by atoms with E-state index in [1.54, 1.807) is 72.8 Å². The molecule has 1 N–H and O–H groups in total. The normalized spacial score (nSPS) is 27.4. The molecule has 4 atom stereocenters. The number of fused-ring (bicyclic) bond motifs is 2. The number of cyclic esters (lactones) is 1. The molecule has 2 aliphatic heterocycles. The number of anilines is 1. The highest BCUT2D eigenvalue weighted by Crippen LogP contribution is 2.34. The molecule has 38 heavy (non-hydrogen) atoms. The summed E-state index contributed by atoms with van der Waals surface area (Å²) in [7, 11) is 0. The smallest absolute Gasteiger partial charge is 0.414 e. The first-order valence-electron chi connectivity index (χ1n) is 12.9. The highest BCUT2D eigenvalue weighted by Gasteiger charge is 2.43. The van der Waals surface area contributed by atoms with Crippen molar-refractivity contribution in [2.24, 2.45) is 5.92 Å². The van der Waals surface area contributed by atoms with Crippen LogP contribution in [0.5, 0.6) is 5.75 Å². The van der Waals surface area contributed by atoms with Gasteiger partial charge in [0.25, 0.3) is 0 Å². The molecule has 9 nitrogen and oxygen atoms in total. The summed E-state index contributed by atoms with van der Waals surface area (Å²) in [5.74, 6) is -2.50. The fraction of sp³-hybridized carbons (Fsp3) is 0.552. The van der Waals surface area contributed by atoms with Gasteiger partial charge >= 0.3 is 12.1 Å². The van der Waals surface area contributed by atoms with Gasteiger partial charge in [-0.05, 0) is 72.6 Å². The van der Waals surface area contributed by atoms with E-state index in [1.807, 2.05) is 6.92 Å². The average Bonchev–Trinajstić information content (AvgIpc) is 3.09. The summed E-state index contributed by atoms with van der Waals surface area (Å²) in [5, 5.41) is 11.0. The Morgan fingerprint density at radius 1 is 1.16 bits per heavy atom. The maximum absolute atomic E-state index is 13.2. The molecule has 2 heterocycles. The van der Waals surface area contributed by atoms with Crippen molar-refractivity contribution in [3.8, 4) is 5.75 Å². The maximum atomic E-state index is 13.2. The van der Waals surface area contributed by atoms with Crippen LogP contribution in [0.1, 0.15) is 77.7 Å². The summed E-state index contributed by atoms with van der Waals surface area (Å²) in [5.41, 5.74) is -0.0333. The number of aromatic hydroxyl groups is 1. The standard InChI is InChI=1S/C29H39NO8/c1-9-30(27(34)38-28(4,5)6)20-15-19-11-10-12-23-25(37-29(7,8)36-23)21(31)14-13-17(2)18(3)35-26(33)24(19)22(32)16-20/h10-11,13-18,23,25,32H,9,12H2,1-8H3/b11-10+,14-13-/t17-,18+,23+,25-/m1/s1. The van der Waals surface area contributed by atoms with Crippen molar-refractivity contribution in [1.29, 1.82) is 0 Å². The number of carbonyl (C=O) groups is 3. The number of hydrogen-bond acceptors (Lipinski definition) is 8. The Morgan fingerprint density at radius 2 is 1.84 bits per heavy atom. The van der Waals surface area contributed by atoms with Gasteiger partial charge in [-0.3, -0.25) is 9.69 Å². The van der Waals surface area contributed by atoms with Crippen LogP contribution in [-0.4, -0.2) is 59.2 Å². The molecule has 0 aromatic heterocycles. The highest BCUT2D eigenvalue weighted by molar-refractivity contribution is 5.99.